The van der Waals surface area contributed by atoms with Crippen LogP contribution in [0.3, 0.4) is 0 Å². The summed E-state index contributed by atoms with van der Waals surface area (Å²) in [5, 5.41) is 0. The summed E-state index contributed by atoms with van der Waals surface area (Å²) in [7, 11) is 1.38. The summed E-state index contributed by atoms with van der Waals surface area (Å²) >= 11 is 5.18. The molecule has 0 saturated heterocycles. The highest BCUT2D eigenvalue weighted by molar-refractivity contribution is 9.10. The SMILES string of the molecule is COC(=O)c1cccc(CSc2ccc(N)cc2Br)c1. The van der Waals surface area contributed by atoms with Gasteiger partial charge in [-0.25, -0.2) is 4.79 Å². The van der Waals surface area contributed by atoms with Gasteiger partial charge in [-0.3, -0.25) is 0 Å². The van der Waals surface area contributed by atoms with Crippen LogP contribution in [-0.2, 0) is 10.5 Å². The summed E-state index contributed by atoms with van der Waals surface area (Å²) in [6.45, 7) is 0. The lowest BCUT2D eigenvalue weighted by Crippen LogP contribution is -2.01. The second kappa shape index (κ2) is 6.81. The number of carbonyl (C=O) groups is 1. The Hall–Kier alpha value is -1.46. The number of anilines is 1. The largest absolute Gasteiger partial charge is 0.465 e. The number of nitrogen functional groups attached to an aromatic ring is 1. The molecule has 0 aliphatic rings. The number of benzene rings is 2. The van der Waals surface area contributed by atoms with Crippen molar-refractivity contribution in [1.82, 2.24) is 0 Å². The van der Waals surface area contributed by atoms with Crippen molar-refractivity contribution in [1.29, 1.82) is 0 Å². The van der Waals surface area contributed by atoms with Crippen LogP contribution in [0.15, 0.2) is 51.8 Å². The van der Waals surface area contributed by atoms with Crippen LogP contribution >= 0.6 is 27.7 Å². The number of nitrogens with two attached hydrogens (primary N) is 1. The second-order valence-corrected chi connectivity index (χ2v) is 6.04. The van der Waals surface area contributed by atoms with E-state index < -0.39 is 0 Å². The first-order valence-corrected chi connectivity index (χ1v) is 7.73. The Bertz CT molecular complexity index is 631. The van der Waals surface area contributed by atoms with Crippen molar-refractivity contribution in [2.45, 2.75) is 10.6 Å². The minimum absolute atomic E-state index is 0.314. The Kier molecular flexibility index (Phi) is 5.09. The van der Waals surface area contributed by atoms with Crippen LogP contribution in [0.1, 0.15) is 15.9 Å². The van der Waals surface area contributed by atoms with Crippen molar-refractivity contribution >= 4 is 39.3 Å². The molecule has 0 aliphatic carbocycles. The molecule has 2 aromatic carbocycles. The van der Waals surface area contributed by atoms with Crippen molar-refractivity contribution in [2.75, 3.05) is 12.8 Å². The number of thioether (sulfide) groups is 1. The smallest absolute Gasteiger partial charge is 0.337 e. The number of rotatable bonds is 4. The van der Waals surface area contributed by atoms with Crippen LogP contribution in [0.25, 0.3) is 0 Å². The standard InChI is InChI=1S/C15H14BrNO2S/c1-19-15(18)11-4-2-3-10(7-11)9-20-14-6-5-12(17)8-13(14)16/h2-8H,9,17H2,1H3. The normalized spacial score (nSPS) is 10.3. The van der Waals surface area contributed by atoms with Crippen LogP contribution in [0.2, 0.25) is 0 Å². The van der Waals surface area contributed by atoms with Gasteiger partial charge in [0, 0.05) is 20.8 Å². The third-order valence-corrected chi connectivity index (χ3v) is 4.76. The number of methoxy groups -OCH3 is 1. The van der Waals surface area contributed by atoms with Crippen molar-refractivity contribution in [3.05, 3.63) is 58.1 Å². The van der Waals surface area contributed by atoms with E-state index in [4.69, 9.17) is 10.5 Å². The molecule has 3 nitrogen and oxygen atoms in total. The molecule has 0 fully saturated rings. The highest BCUT2D eigenvalue weighted by atomic mass is 79.9. The number of halogens is 1. The van der Waals surface area contributed by atoms with Gasteiger partial charge in [0.05, 0.1) is 12.7 Å². The van der Waals surface area contributed by atoms with E-state index in [1.807, 2.05) is 36.4 Å². The van der Waals surface area contributed by atoms with E-state index in [0.717, 1.165) is 26.4 Å². The molecule has 0 radical (unpaired) electrons. The molecule has 0 aromatic heterocycles. The molecule has 2 aromatic rings. The number of esters is 1. The van der Waals surface area contributed by atoms with Gasteiger partial charge < -0.3 is 10.5 Å². The van der Waals surface area contributed by atoms with Gasteiger partial charge in [0.15, 0.2) is 0 Å². The van der Waals surface area contributed by atoms with E-state index in [1.165, 1.54) is 7.11 Å². The van der Waals surface area contributed by atoms with E-state index in [1.54, 1.807) is 17.8 Å². The Morgan fingerprint density at radius 1 is 1.30 bits per heavy atom. The molecule has 0 aliphatic heterocycles. The first-order valence-electron chi connectivity index (χ1n) is 5.95. The van der Waals surface area contributed by atoms with Crippen molar-refractivity contribution in [2.24, 2.45) is 0 Å². The van der Waals surface area contributed by atoms with Crippen LogP contribution in [-0.4, -0.2) is 13.1 Å². The van der Waals surface area contributed by atoms with Gasteiger partial charge in [-0.1, -0.05) is 12.1 Å². The molecule has 20 heavy (non-hydrogen) atoms. The quantitative estimate of drug-likeness (QED) is 0.511. The summed E-state index contributed by atoms with van der Waals surface area (Å²) in [5.74, 6) is 0.457. The van der Waals surface area contributed by atoms with Gasteiger partial charge in [0.2, 0.25) is 0 Å². The average molecular weight is 352 g/mol. The van der Waals surface area contributed by atoms with Crippen LogP contribution < -0.4 is 5.73 Å². The molecule has 0 heterocycles. The van der Waals surface area contributed by atoms with Gasteiger partial charge in [-0.2, -0.15) is 0 Å². The zero-order chi connectivity index (χ0) is 14.5. The monoisotopic (exact) mass is 351 g/mol. The van der Waals surface area contributed by atoms with Gasteiger partial charge in [-0.15, -0.1) is 11.8 Å². The fourth-order valence-electron chi connectivity index (χ4n) is 1.70. The average Bonchev–Trinajstić information content (AvgIpc) is 2.46. The van der Waals surface area contributed by atoms with E-state index >= 15 is 0 Å². The molecule has 2 rings (SSSR count). The zero-order valence-electron chi connectivity index (χ0n) is 10.9. The molecule has 2 N–H and O–H groups in total. The predicted molar refractivity (Wildman–Crippen MR) is 85.9 cm³/mol. The van der Waals surface area contributed by atoms with Crippen LogP contribution in [0.5, 0.6) is 0 Å². The number of carbonyl (C=O) groups excluding carboxylic acids is 1. The molecule has 0 bridgehead atoms. The summed E-state index contributed by atoms with van der Waals surface area (Å²) < 4.78 is 5.70. The van der Waals surface area contributed by atoms with Gasteiger partial charge >= 0.3 is 5.97 Å². The third-order valence-electron chi connectivity index (χ3n) is 2.70. The molecule has 0 spiro atoms. The Balaban J connectivity index is 2.09. The molecule has 5 heteroatoms. The van der Waals surface area contributed by atoms with Gasteiger partial charge in [0.25, 0.3) is 0 Å². The predicted octanol–water partition coefficient (Wildman–Crippen LogP) is 4.11. The number of ether oxygens (including phenoxy) is 1. The summed E-state index contributed by atoms with van der Waals surface area (Å²) in [6, 6.07) is 13.2. The fraction of sp³-hybridized carbons (Fsp3) is 0.133. The molecular formula is C15H14BrNO2S. The lowest BCUT2D eigenvalue weighted by molar-refractivity contribution is 0.0600. The molecule has 104 valence electrons. The lowest BCUT2D eigenvalue weighted by atomic mass is 10.1. The third kappa shape index (κ3) is 3.77. The molecule has 0 amide bonds. The molecular weight excluding hydrogens is 338 g/mol. The molecule has 0 unspecified atom stereocenters. The first-order chi connectivity index (χ1) is 9.60. The lowest BCUT2D eigenvalue weighted by Gasteiger charge is -2.06. The van der Waals surface area contributed by atoms with Crippen molar-refractivity contribution in [3.63, 3.8) is 0 Å². The maximum Gasteiger partial charge on any atom is 0.337 e. The zero-order valence-corrected chi connectivity index (χ0v) is 13.3. The highest BCUT2D eigenvalue weighted by Gasteiger charge is 2.07. The first kappa shape index (κ1) is 14.9. The highest BCUT2D eigenvalue weighted by Crippen LogP contribution is 2.31. The summed E-state index contributed by atoms with van der Waals surface area (Å²) in [5.41, 5.74) is 8.09. The van der Waals surface area contributed by atoms with Crippen molar-refractivity contribution < 1.29 is 9.53 Å². The summed E-state index contributed by atoms with van der Waals surface area (Å²) in [4.78, 5) is 12.6. The minimum Gasteiger partial charge on any atom is -0.465 e. The number of hydrogen-bond donors (Lipinski definition) is 1. The van der Waals surface area contributed by atoms with E-state index in [-0.39, 0.29) is 5.97 Å². The van der Waals surface area contributed by atoms with Crippen LogP contribution in [0.4, 0.5) is 5.69 Å². The Morgan fingerprint density at radius 2 is 2.10 bits per heavy atom. The Labute approximate surface area is 130 Å². The Morgan fingerprint density at radius 3 is 2.80 bits per heavy atom. The van der Waals surface area contributed by atoms with Crippen molar-refractivity contribution in [3.8, 4) is 0 Å². The van der Waals surface area contributed by atoms with Gasteiger partial charge in [-0.05, 0) is 51.8 Å². The molecule has 0 atom stereocenters. The van der Waals surface area contributed by atoms with E-state index in [9.17, 15) is 4.79 Å². The maximum atomic E-state index is 11.5. The number of hydrogen-bond acceptors (Lipinski definition) is 4. The molecule has 0 saturated carbocycles. The van der Waals surface area contributed by atoms with Crippen LogP contribution in [0, 0.1) is 0 Å². The van der Waals surface area contributed by atoms with E-state index in [2.05, 4.69) is 15.9 Å². The maximum absolute atomic E-state index is 11.5. The fourth-order valence-corrected chi connectivity index (χ4v) is 3.30. The van der Waals surface area contributed by atoms with E-state index in [0.29, 0.717) is 5.56 Å². The topological polar surface area (TPSA) is 52.3 Å². The van der Waals surface area contributed by atoms with Gasteiger partial charge in [0.1, 0.15) is 0 Å². The second-order valence-electron chi connectivity index (χ2n) is 4.17. The minimum atomic E-state index is -0.314. The summed E-state index contributed by atoms with van der Waals surface area (Å²) in [6.07, 6.45) is 0.